The Bertz CT molecular complexity index is 439. The Morgan fingerprint density at radius 1 is 1.10 bits per heavy atom. The van der Waals surface area contributed by atoms with Crippen molar-refractivity contribution in [2.24, 2.45) is 0 Å². The highest BCUT2D eigenvalue weighted by atomic mass is 16.2. The summed E-state index contributed by atoms with van der Waals surface area (Å²) in [5.74, 6) is 0. The van der Waals surface area contributed by atoms with Crippen LogP contribution in [0.25, 0.3) is 0 Å². The van der Waals surface area contributed by atoms with E-state index >= 15 is 0 Å². The molecule has 5 heteroatoms. The average Bonchev–Trinajstić information content (AvgIpc) is 3.20. The lowest BCUT2D eigenvalue weighted by molar-refractivity contribution is 0.161. The molecule has 116 valence electrons. The Kier molecular flexibility index (Phi) is 4.80. The normalized spacial score (nSPS) is 23.4. The van der Waals surface area contributed by atoms with Gasteiger partial charge in [0, 0.05) is 44.6 Å². The zero-order valence-electron chi connectivity index (χ0n) is 12.7. The van der Waals surface area contributed by atoms with Crippen molar-refractivity contribution in [1.29, 1.82) is 0 Å². The summed E-state index contributed by atoms with van der Waals surface area (Å²) in [5.41, 5.74) is 0. The molecule has 5 nitrogen and oxygen atoms in total. The van der Waals surface area contributed by atoms with Crippen LogP contribution in [0.1, 0.15) is 25.7 Å². The quantitative estimate of drug-likeness (QED) is 0.918. The van der Waals surface area contributed by atoms with Crippen molar-refractivity contribution in [1.82, 2.24) is 19.7 Å². The van der Waals surface area contributed by atoms with Gasteiger partial charge in [-0.3, -0.25) is 4.90 Å². The maximum absolute atomic E-state index is 12.2. The fraction of sp³-hybridized carbons (Fsp3) is 0.688. The smallest absolute Gasteiger partial charge is 0.317 e. The van der Waals surface area contributed by atoms with Crippen molar-refractivity contribution in [3.8, 4) is 0 Å². The number of urea groups is 1. The number of carbonyl (C=O) groups excluding carboxylic acids is 1. The molecule has 0 aromatic carbocycles. The molecule has 3 heterocycles. The Morgan fingerprint density at radius 3 is 2.62 bits per heavy atom. The molecule has 0 unspecified atom stereocenters. The maximum Gasteiger partial charge on any atom is 0.317 e. The standard InChI is InChI=1S/C16H26N4O/c21-16(17-7-13-18-8-4-5-9-18)20-12-6-15(14-20)19-10-2-1-3-11-19/h4-5,8-9,15H,1-3,6-7,10-14H2,(H,17,21)/t15-/m1/s1. The van der Waals surface area contributed by atoms with E-state index in [-0.39, 0.29) is 6.03 Å². The summed E-state index contributed by atoms with van der Waals surface area (Å²) >= 11 is 0. The molecule has 2 amide bonds. The van der Waals surface area contributed by atoms with E-state index < -0.39 is 0 Å². The molecule has 2 saturated heterocycles. The first-order valence-corrected chi connectivity index (χ1v) is 8.20. The van der Waals surface area contributed by atoms with Gasteiger partial charge in [0.05, 0.1) is 0 Å². The molecule has 2 fully saturated rings. The van der Waals surface area contributed by atoms with Gasteiger partial charge >= 0.3 is 6.03 Å². The van der Waals surface area contributed by atoms with E-state index in [1.165, 1.54) is 32.4 Å². The minimum Gasteiger partial charge on any atom is -0.353 e. The van der Waals surface area contributed by atoms with Crippen LogP contribution in [0.2, 0.25) is 0 Å². The molecule has 0 spiro atoms. The molecule has 2 aliphatic heterocycles. The van der Waals surface area contributed by atoms with Gasteiger partial charge in [0.2, 0.25) is 0 Å². The summed E-state index contributed by atoms with van der Waals surface area (Å²) in [5, 5.41) is 3.03. The summed E-state index contributed by atoms with van der Waals surface area (Å²) in [7, 11) is 0. The van der Waals surface area contributed by atoms with E-state index in [1.54, 1.807) is 0 Å². The topological polar surface area (TPSA) is 40.5 Å². The Balaban J connectivity index is 1.39. The second-order valence-corrected chi connectivity index (χ2v) is 6.14. The molecule has 1 atom stereocenters. The lowest BCUT2D eigenvalue weighted by Crippen LogP contribution is -2.44. The molecule has 0 bridgehead atoms. The van der Waals surface area contributed by atoms with Gasteiger partial charge in [-0.2, -0.15) is 0 Å². The fourth-order valence-electron chi connectivity index (χ4n) is 3.43. The van der Waals surface area contributed by atoms with Crippen molar-refractivity contribution in [2.75, 3.05) is 32.7 Å². The summed E-state index contributed by atoms with van der Waals surface area (Å²) in [6.07, 6.45) is 9.18. The van der Waals surface area contributed by atoms with E-state index in [9.17, 15) is 4.79 Å². The first kappa shape index (κ1) is 14.4. The number of aromatic nitrogens is 1. The van der Waals surface area contributed by atoms with Crippen LogP contribution >= 0.6 is 0 Å². The van der Waals surface area contributed by atoms with Gasteiger partial charge in [-0.05, 0) is 44.5 Å². The molecule has 3 rings (SSSR count). The predicted molar refractivity (Wildman–Crippen MR) is 83.2 cm³/mol. The largest absolute Gasteiger partial charge is 0.353 e. The van der Waals surface area contributed by atoms with Crippen LogP contribution in [0, 0.1) is 0 Å². The number of rotatable bonds is 4. The van der Waals surface area contributed by atoms with Gasteiger partial charge < -0.3 is 14.8 Å². The van der Waals surface area contributed by atoms with Crippen LogP contribution in [-0.4, -0.2) is 59.2 Å². The van der Waals surface area contributed by atoms with Crippen molar-refractivity contribution >= 4 is 6.03 Å². The summed E-state index contributed by atoms with van der Waals surface area (Å²) in [4.78, 5) is 16.8. The fourth-order valence-corrected chi connectivity index (χ4v) is 3.43. The molecular formula is C16H26N4O. The van der Waals surface area contributed by atoms with E-state index in [4.69, 9.17) is 0 Å². The van der Waals surface area contributed by atoms with E-state index in [2.05, 4.69) is 14.8 Å². The third-order valence-electron chi connectivity index (χ3n) is 4.67. The minimum absolute atomic E-state index is 0.0988. The third-order valence-corrected chi connectivity index (χ3v) is 4.67. The van der Waals surface area contributed by atoms with Gasteiger partial charge in [0.15, 0.2) is 0 Å². The monoisotopic (exact) mass is 290 g/mol. The number of hydrogen-bond acceptors (Lipinski definition) is 2. The molecule has 0 aliphatic carbocycles. The average molecular weight is 290 g/mol. The lowest BCUT2D eigenvalue weighted by Gasteiger charge is -2.32. The molecule has 1 N–H and O–H groups in total. The van der Waals surface area contributed by atoms with Gasteiger partial charge in [-0.25, -0.2) is 4.79 Å². The number of nitrogens with zero attached hydrogens (tertiary/aromatic N) is 3. The Labute approximate surface area is 126 Å². The van der Waals surface area contributed by atoms with Crippen LogP contribution in [-0.2, 0) is 6.54 Å². The second kappa shape index (κ2) is 6.98. The summed E-state index contributed by atoms with van der Waals surface area (Å²) in [6.45, 7) is 5.76. The highest BCUT2D eigenvalue weighted by Crippen LogP contribution is 2.20. The first-order valence-electron chi connectivity index (χ1n) is 8.20. The van der Waals surface area contributed by atoms with Crippen molar-refractivity contribution in [3.05, 3.63) is 24.5 Å². The molecule has 21 heavy (non-hydrogen) atoms. The highest BCUT2D eigenvalue weighted by Gasteiger charge is 2.30. The van der Waals surface area contributed by atoms with Crippen LogP contribution in [0.3, 0.4) is 0 Å². The number of hydrogen-bond donors (Lipinski definition) is 1. The van der Waals surface area contributed by atoms with Crippen molar-refractivity contribution < 1.29 is 4.79 Å². The molecule has 1 aromatic heterocycles. The van der Waals surface area contributed by atoms with E-state index in [1.807, 2.05) is 29.4 Å². The molecular weight excluding hydrogens is 264 g/mol. The van der Waals surface area contributed by atoms with Crippen LogP contribution in [0.5, 0.6) is 0 Å². The number of nitrogens with one attached hydrogen (secondary N) is 1. The van der Waals surface area contributed by atoms with Crippen molar-refractivity contribution in [2.45, 2.75) is 38.3 Å². The summed E-state index contributed by atoms with van der Waals surface area (Å²) in [6, 6.07) is 4.69. The van der Waals surface area contributed by atoms with Crippen LogP contribution in [0.15, 0.2) is 24.5 Å². The molecule has 0 saturated carbocycles. The van der Waals surface area contributed by atoms with Gasteiger partial charge in [0.25, 0.3) is 0 Å². The van der Waals surface area contributed by atoms with E-state index in [0.29, 0.717) is 12.6 Å². The van der Waals surface area contributed by atoms with Gasteiger partial charge in [0.1, 0.15) is 0 Å². The van der Waals surface area contributed by atoms with Crippen LogP contribution < -0.4 is 5.32 Å². The Morgan fingerprint density at radius 2 is 1.86 bits per heavy atom. The zero-order chi connectivity index (χ0) is 14.5. The second-order valence-electron chi connectivity index (χ2n) is 6.14. The Hall–Kier alpha value is -1.49. The SMILES string of the molecule is O=C(NCCn1cccc1)N1CC[C@@H](N2CCCCC2)C1. The molecule has 1 aromatic rings. The van der Waals surface area contributed by atoms with Gasteiger partial charge in [-0.15, -0.1) is 0 Å². The van der Waals surface area contributed by atoms with E-state index in [0.717, 1.165) is 26.1 Å². The number of carbonyl (C=O) groups is 1. The highest BCUT2D eigenvalue weighted by molar-refractivity contribution is 5.74. The lowest BCUT2D eigenvalue weighted by atomic mass is 10.1. The minimum atomic E-state index is 0.0988. The number of likely N-dealkylation sites (tertiary alicyclic amines) is 2. The summed E-state index contributed by atoms with van der Waals surface area (Å²) < 4.78 is 2.08. The number of amides is 2. The predicted octanol–water partition coefficient (Wildman–Crippen LogP) is 1.76. The number of piperidine rings is 1. The molecule has 0 radical (unpaired) electrons. The first-order chi connectivity index (χ1) is 10.3. The zero-order valence-corrected chi connectivity index (χ0v) is 12.7. The van der Waals surface area contributed by atoms with Crippen molar-refractivity contribution in [3.63, 3.8) is 0 Å². The third kappa shape index (κ3) is 3.79. The maximum atomic E-state index is 12.2. The van der Waals surface area contributed by atoms with Gasteiger partial charge in [-0.1, -0.05) is 6.42 Å². The van der Waals surface area contributed by atoms with Crippen LogP contribution in [0.4, 0.5) is 4.79 Å². The molecule has 2 aliphatic rings.